The molecule has 0 bridgehead atoms. The third-order valence-electron chi connectivity index (χ3n) is 3.10. The SMILES string of the molecule is Cc1cc(C)n(-c2nnc(SCc3cccc(F)c3)n2N)n1. The third kappa shape index (κ3) is 2.82. The van der Waals surface area contributed by atoms with E-state index < -0.39 is 0 Å². The van der Waals surface area contributed by atoms with Gasteiger partial charge in [-0.15, -0.1) is 10.2 Å². The molecule has 2 N–H and O–H groups in total. The van der Waals surface area contributed by atoms with Crippen molar-refractivity contribution in [1.29, 1.82) is 0 Å². The molecule has 0 amide bonds. The summed E-state index contributed by atoms with van der Waals surface area (Å²) in [5.41, 5.74) is 2.67. The highest BCUT2D eigenvalue weighted by Crippen LogP contribution is 2.22. The maximum absolute atomic E-state index is 13.2. The second-order valence-electron chi connectivity index (χ2n) is 4.91. The first-order valence-electron chi connectivity index (χ1n) is 6.66. The van der Waals surface area contributed by atoms with Gasteiger partial charge < -0.3 is 5.84 Å². The molecule has 8 heteroatoms. The second kappa shape index (κ2) is 5.80. The molecule has 3 rings (SSSR count). The van der Waals surface area contributed by atoms with Crippen molar-refractivity contribution in [1.82, 2.24) is 24.7 Å². The first-order chi connectivity index (χ1) is 10.5. The van der Waals surface area contributed by atoms with E-state index in [9.17, 15) is 4.39 Å². The standard InChI is InChI=1S/C14H15FN6S/c1-9-6-10(2)21(19-9)13-17-18-14(20(13)16)22-8-11-4-3-5-12(15)7-11/h3-7H,8,16H2,1-2H3. The van der Waals surface area contributed by atoms with Crippen molar-refractivity contribution in [3.63, 3.8) is 0 Å². The van der Waals surface area contributed by atoms with Gasteiger partial charge in [-0.05, 0) is 37.6 Å². The van der Waals surface area contributed by atoms with Crippen LogP contribution >= 0.6 is 11.8 Å². The van der Waals surface area contributed by atoms with Crippen molar-refractivity contribution in [2.24, 2.45) is 0 Å². The predicted molar refractivity (Wildman–Crippen MR) is 82.7 cm³/mol. The first-order valence-corrected chi connectivity index (χ1v) is 7.64. The molecule has 2 heterocycles. The summed E-state index contributed by atoms with van der Waals surface area (Å²) >= 11 is 1.39. The van der Waals surface area contributed by atoms with E-state index in [0.29, 0.717) is 16.9 Å². The van der Waals surface area contributed by atoms with Crippen LogP contribution in [0.5, 0.6) is 0 Å². The Morgan fingerprint density at radius 3 is 2.73 bits per heavy atom. The summed E-state index contributed by atoms with van der Waals surface area (Å²) in [6.45, 7) is 3.83. The van der Waals surface area contributed by atoms with E-state index in [2.05, 4.69) is 15.3 Å². The van der Waals surface area contributed by atoms with Gasteiger partial charge in [0.1, 0.15) is 5.82 Å². The molecule has 0 unspecified atom stereocenters. The second-order valence-corrected chi connectivity index (χ2v) is 5.85. The van der Waals surface area contributed by atoms with Gasteiger partial charge in [-0.2, -0.15) is 5.10 Å². The average molecular weight is 318 g/mol. The van der Waals surface area contributed by atoms with Crippen LogP contribution in [0.1, 0.15) is 17.0 Å². The average Bonchev–Trinajstić information content (AvgIpc) is 2.99. The Morgan fingerprint density at radius 1 is 1.23 bits per heavy atom. The monoisotopic (exact) mass is 318 g/mol. The van der Waals surface area contributed by atoms with E-state index in [1.165, 1.54) is 28.6 Å². The summed E-state index contributed by atoms with van der Waals surface area (Å²) in [6, 6.07) is 8.38. The fourth-order valence-corrected chi connectivity index (χ4v) is 2.91. The van der Waals surface area contributed by atoms with E-state index >= 15 is 0 Å². The Labute approximate surface area is 131 Å². The maximum Gasteiger partial charge on any atom is 0.271 e. The fourth-order valence-electron chi connectivity index (χ4n) is 2.12. The van der Waals surface area contributed by atoms with Crippen molar-refractivity contribution < 1.29 is 4.39 Å². The van der Waals surface area contributed by atoms with Gasteiger partial charge in [0.15, 0.2) is 0 Å². The Morgan fingerprint density at radius 2 is 2.05 bits per heavy atom. The molecule has 3 aromatic rings. The summed E-state index contributed by atoms with van der Waals surface area (Å²) in [5.74, 6) is 6.80. The Kier molecular flexibility index (Phi) is 3.84. The lowest BCUT2D eigenvalue weighted by molar-refractivity contribution is 0.626. The van der Waals surface area contributed by atoms with Crippen LogP contribution in [0, 0.1) is 19.7 Å². The molecule has 0 saturated carbocycles. The zero-order valence-corrected chi connectivity index (χ0v) is 13.0. The summed E-state index contributed by atoms with van der Waals surface area (Å²) in [6.07, 6.45) is 0. The lowest BCUT2D eigenvalue weighted by Crippen LogP contribution is -2.17. The number of aromatic nitrogens is 5. The number of hydrogen-bond donors (Lipinski definition) is 1. The quantitative estimate of drug-likeness (QED) is 0.590. The summed E-state index contributed by atoms with van der Waals surface area (Å²) in [5, 5.41) is 13.0. The van der Waals surface area contributed by atoms with Crippen LogP contribution in [0.3, 0.4) is 0 Å². The first kappa shape index (κ1) is 14.6. The Balaban J connectivity index is 1.80. The number of halogens is 1. The molecule has 0 aliphatic carbocycles. The summed E-state index contributed by atoms with van der Waals surface area (Å²) in [4.78, 5) is 0. The van der Waals surface area contributed by atoms with Crippen molar-refractivity contribution in [3.8, 4) is 5.95 Å². The maximum atomic E-state index is 13.2. The van der Waals surface area contributed by atoms with Crippen LogP contribution in [0.25, 0.3) is 5.95 Å². The molecular formula is C14H15FN6S. The van der Waals surface area contributed by atoms with Crippen LogP contribution in [-0.4, -0.2) is 24.7 Å². The van der Waals surface area contributed by atoms with Gasteiger partial charge in [0, 0.05) is 11.4 Å². The number of nitrogen functional groups attached to an aromatic ring is 1. The van der Waals surface area contributed by atoms with Crippen LogP contribution in [0.15, 0.2) is 35.5 Å². The molecule has 2 aromatic heterocycles. The minimum atomic E-state index is -0.254. The molecule has 0 saturated heterocycles. The number of nitrogens with two attached hydrogens (primary N) is 1. The molecule has 0 fully saturated rings. The van der Waals surface area contributed by atoms with Crippen molar-refractivity contribution in [2.75, 3.05) is 5.84 Å². The van der Waals surface area contributed by atoms with Crippen molar-refractivity contribution >= 4 is 11.8 Å². The number of thioether (sulfide) groups is 1. The van der Waals surface area contributed by atoms with E-state index in [-0.39, 0.29) is 5.82 Å². The zero-order valence-electron chi connectivity index (χ0n) is 12.2. The number of aryl methyl sites for hydroxylation is 2. The number of hydrogen-bond acceptors (Lipinski definition) is 5. The third-order valence-corrected chi connectivity index (χ3v) is 4.12. The van der Waals surface area contributed by atoms with Gasteiger partial charge in [0.05, 0.1) is 5.69 Å². The van der Waals surface area contributed by atoms with Crippen LogP contribution in [0.2, 0.25) is 0 Å². The van der Waals surface area contributed by atoms with Gasteiger partial charge >= 0.3 is 0 Å². The highest BCUT2D eigenvalue weighted by atomic mass is 32.2. The molecule has 1 aromatic carbocycles. The van der Waals surface area contributed by atoms with Crippen LogP contribution in [0.4, 0.5) is 4.39 Å². The number of nitrogens with zero attached hydrogens (tertiary/aromatic N) is 5. The van der Waals surface area contributed by atoms with Crippen LogP contribution < -0.4 is 5.84 Å². The van der Waals surface area contributed by atoms with E-state index in [1.54, 1.807) is 10.7 Å². The highest BCUT2D eigenvalue weighted by Gasteiger charge is 2.14. The Hall–Kier alpha value is -2.35. The van der Waals surface area contributed by atoms with Gasteiger partial charge in [0.25, 0.3) is 5.95 Å². The number of benzene rings is 1. The Bertz CT molecular complexity index is 810. The van der Waals surface area contributed by atoms with E-state index in [0.717, 1.165) is 17.0 Å². The minimum absolute atomic E-state index is 0.254. The van der Waals surface area contributed by atoms with Gasteiger partial charge in [-0.3, -0.25) is 0 Å². The highest BCUT2D eigenvalue weighted by molar-refractivity contribution is 7.98. The predicted octanol–water partition coefficient (Wildman–Crippen LogP) is 2.23. The van der Waals surface area contributed by atoms with E-state index in [1.807, 2.05) is 26.0 Å². The molecule has 0 aliphatic heterocycles. The van der Waals surface area contributed by atoms with Gasteiger partial charge in [-0.25, -0.2) is 13.7 Å². The van der Waals surface area contributed by atoms with Crippen molar-refractivity contribution in [2.45, 2.75) is 24.8 Å². The zero-order chi connectivity index (χ0) is 15.7. The molecule has 0 atom stereocenters. The van der Waals surface area contributed by atoms with E-state index in [4.69, 9.17) is 5.84 Å². The van der Waals surface area contributed by atoms with Gasteiger partial charge in [0.2, 0.25) is 5.16 Å². The van der Waals surface area contributed by atoms with Crippen molar-refractivity contribution in [3.05, 3.63) is 53.1 Å². The molecule has 0 aliphatic rings. The summed E-state index contributed by atoms with van der Waals surface area (Å²) in [7, 11) is 0. The van der Waals surface area contributed by atoms with Crippen LogP contribution in [-0.2, 0) is 5.75 Å². The topological polar surface area (TPSA) is 74.5 Å². The molecule has 114 valence electrons. The molecule has 0 spiro atoms. The molecule has 22 heavy (non-hydrogen) atoms. The van der Waals surface area contributed by atoms with Gasteiger partial charge in [-0.1, -0.05) is 23.9 Å². The summed E-state index contributed by atoms with van der Waals surface area (Å²) < 4.78 is 16.2. The molecule has 0 radical (unpaired) electrons. The largest absolute Gasteiger partial charge is 0.334 e. The normalized spacial score (nSPS) is 11.0. The number of rotatable bonds is 4. The fraction of sp³-hybridized carbons (Fsp3) is 0.214. The smallest absolute Gasteiger partial charge is 0.271 e. The molecule has 6 nitrogen and oxygen atoms in total. The minimum Gasteiger partial charge on any atom is -0.334 e. The molecular weight excluding hydrogens is 303 g/mol. The lowest BCUT2D eigenvalue weighted by Gasteiger charge is -2.05. The lowest BCUT2D eigenvalue weighted by atomic mass is 10.2.